The lowest BCUT2D eigenvalue weighted by molar-refractivity contribution is -0.345. The molecule has 0 unspecified atom stereocenters. The summed E-state index contributed by atoms with van der Waals surface area (Å²) in [6, 6.07) is 0. The standard InChI is InChI=1S/C13H18F7NO3/c1-8(2)5-4-6-24-9(22)7-21(3)10(23)11(14,15)12(16,17)13(18,19)20/h8H,4-7H2,1-3H3. The molecule has 0 aliphatic carbocycles. The van der Waals surface area contributed by atoms with Gasteiger partial charge >= 0.3 is 24.0 Å². The van der Waals surface area contributed by atoms with E-state index < -0.39 is 36.4 Å². The Kier molecular flexibility index (Phi) is 7.50. The first kappa shape index (κ1) is 22.4. The topological polar surface area (TPSA) is 46.6 Å². The van der Waals surface area contributed by atoms with E-state index in [9.17, 15) is 40.3 Å². The second-order valence-electron chi connectivity index (χ2n) is 5.56. The lowest BCUT2D eigenvalue weighted by Crippen LogP contribution is -2.60. The lowest BCUT2D eigenvalue weighted by Gasteiger charge is -2.29. The Morgan fingerprint density at radius 3 is 1.96 bits per heavy atom. The Labute approximate surface area is 133 Å². The highest BCUT2D eigenvalue weighted by Gasteiger charge is 2.76. The van der Waals surface area contributed by atoms with Crippen molar-refractivity contribution in [3.63, 3.8) is 0 Å². The minimum absolute atomic E-state index is 0.0891. The molecular formula is C13H18F7NO3. The molecule has 0 aliphatic rings. The first-order valence-corrected chi connectivity index (χ1v) is 6.88. The molecule has 0 bridgehead atoms. The van der Waals surface area contributed by atoms with Gasteiger partial charge in [0, 0.05) is 7.05 Å². The van der Waals surface area contributed by atoms with E-state index in [1.54, 1.807) is 0 Å². The minimum atomic E-state index is -6.62. The SMILES string of the molecule is CC(C)CCCOC(=O)CN(C)C(=O)C(F)(F)C(F)(F)C(F)(F)F. The van der Waals surface area contributed by atoms with Crippen molar-refractivity contribution in [1.29, 1.82) is 0 Å². The Hall–Kier alpha value is -1.55. The van der Waals surface area contributed by atoms with E-state index in [1.807, 2.05) is 13.8 Å². The molecule has 0 aliphatic heterocycles. The van der Waals surface area contributed by atoms with Gasteiger partial charge in [-0.25, -0.2) is 0 Å². The fraction of sp³-hybridized carbons (Fsp3) is 0.846. The number of carbonyl (C=O) groups excluding carboxylic acids is 2. The van der Waals surface area contributed by atoms with Crippen molar-refractivity contribution in [3.8, 4) is 0 Å². The molecule has 0 heterocycles. The van der Waals surface area contributed by atoms with Crippen LogP contribution in [0.5, 0.6) is 0 Å². The molecule has 0 atom stereocenters. The number of nitrogens with zero attached hydrogens (tertiary/aromatic N) is 1. The third kappa shape index (κ3) is 5.52. The van der Waals surface area contributed by atoms with Crippen LogP contribution < -0.4 is 0 Å². The number of hydrogen-bond donors (Lipinski definition) is 0. The summed E-state index contributed by atoms with van der Waals surface area (Å²) in [6.07, 6.45) is -5.48. The Bertz CT molecular complexity index is 449. The average molecular weight is 369 g/mol. The molecule has 0 saturated carbocycles. The largest absolute Gasteiger partial charge is 0.464 e. The zero-order valence-electron chi connectivity index (χ0n) is 13.2. The summed E-state index contributed by atoms with van der Waals surface area (Å²) in [5.74, 6) is -16.3. The van der Waals surface area contributed by atoms with Gasteiger partial charge in [0.15, 0.2) is 0 Å². The molecule has 0 aromatic rings. The summed E-state index contributed by atoms with van der Waals surface area (Å²) in [5, 5.41) is 0. The summed E-state index contributed by atoms with van der Waals surface area (Å²) < 4.78 is 92.4. The van der Waals surface area contributed by atoms with Crippen molar-refractivity contribution in [2.45, 2.75) is 44.7 Å². The van der Waals surface area contributed by atoms with E-state index in [1.165, 1.54) is 0 Å². The van der Waals surface area contributed by atoms with Crippen LogP contribution in [0.25, 0.3) is 0 Å². The van der Waals surface area contributed by atoms with Crippen LogP contribution in [0, 0.1) is 5.92 Å². The first-order chi connectivity index (χ1) is 10.6. The number of alkyl halides is 7. The molecule has 0 saturated heterocycles. The molecule has 0 radical (unpaired) electrons. The van der Waals surface area contributed by atoms with Crippen molar-refractivity contribution in [2.24, 2.45) is 5.92 Å². The van der Waals surface area contributed by atoms with Gasteiger partial charge in [-0.15, -0.1) is 0 Å². The molecule has 142 valence electrons. The number of carbonyl (C=O) groups is 2. The van der Waals surface area contributed by atoms with E-state index in [2.05, 4.69) is 4.74 Å². The maximum Gasteiger partial charge on any atom is 0.460 e. The Balaban J connectivity index is 4.73. The van der Waals surface area contributed by atoms with Crippen LogP contribution in [0.4, 0.5) is 30.7 Å². The minimum Gasteiger partial charge on any atom is -0.464 e. The lowest BCUT2D eigenvalue weighted by atomic mass is 10.1. The van der Waals surface area contributed by atoms with Gasteiger partial charge in [0.05, 0.1) is 6.61 Å². The van der Waals surface area contributed by atoms with E-state index >= 15 is 0 Å². The van der Waals surface area contributed by atoms with E-state index in [4.69, 9.17) is 0 Å². The van der Waals surface area contributed by atoms with Gasteiger partial charge < -0.3 is 9.64 Å². The number of rotatable bonds is 8. The third-order valence-electron chi connectivity index (χ3n) is 2.92. The Morgan fingerprint density at radius 1 is 1.04 bits per heavy atom. The first-order valence-electron chi connectivity index (χ1n) is 6.88. The van der Waals surface area contributed by atoms with Crippen molar-refractivity contribution < 1.29 is 45.1 Å². The molecule has 24 heavy (non-hydrogen) atoms. The molecule has 0 spiro atoms. The predicted molar refractivity (Wildman–Crippen MR) is 68.6 cm³/mol. The normalized spacial score (nSPS) is 13.1. The molecule has 1 amide bonds. The highest BCUT2D eigenvalue weighted by atomic mass is 19.4. The van der Waals surface area contributed by atoms with Crippen LogP contribution >= 0.6 is 0 Å². The van der Waals surface area contributed by atoms with Gasteiger partial charge in [-0.1, -0.05) is 13.8 Å². The van der Waals surface area contributed by atoms with Gasteiger partial charge in [0.2, 0.25) is 0 Å². The highest BCUT2D eigenvalue weighted by molar-refractivity contribution is 5.87. The second-order valence-corrected chi connectivity index (χ2v) is 5.56. The van der Waals surface area contributed by atoms with E-state index in [0.717, 1.165) is 0 Å². The van der Waals surface area contributed by atoms with Crippen molar-refractivity contribution in [1.82, 2.24) is 4.90 Å². The molecule has 11 heteroatoms. The van der Waals surface area contributed by atoms with Crippen LogP contribution in [0.2, 0.25) is 0 Å². The van der Waals surface area contributed by atoms with Gasteiger partial charge in [-0.3, -0.25) is 9.59 Å². The van der Waals surface area contributed by atoms with Gasteiger partial charge in [0.1, 0.15) is 6.54 Å². The smallest absolute Gasteiger partial charge is 0.460 e. The molecule has 4 nitrogen and oxygen atoms in total. The highest BCUT2D eigenvalue weighted by Crippen LogP contribution is 2.47. The maximum absolute atomic E-state index is 13.2. The van der Waals surface area contributed by atoms with Crippen molar-refractivity contribution >= 4 is 11.9 Å². The molecule has 0 aromatic carbocycles. The summed E-state index contributed by atoms with van der Waals surface area (Å²) in [6.45, 7) is 2.53. The molecule has 0 rings (SSSR count). The van der Waals surface area contributed by atoms with Crippen LogP contribution in [0.3, 0.4) is 0 Å². The molecule has 0 N–H and O–H groups in total. The van der Waals surface area contributed by atoms with Gasteiger partial charge in [0.25, 0.3) is 5.91 Å². The van der Waals surface area contributed by atoms with Gasteiger partial charge in [-0.05, 0) is 18.8 Å². The maximum atomic E-state index is 13.2. The number of esters is 1. The van der Waals surface area contributed by atoms with Crippen molar-refractivity contribution in [3.05, 3.63) is 0 Å². The summed E-state index contributed by atoms with van der Waals surface area (Å²) in [7, 11) is 0.498. The van der Waals surface area contributed by atoms with Crippen LogP contribution in [0.15, 0.2) is 0 Å². The summed E-state index contributed by atoms with van der Waals surface area (Å²) in [4.78, 5) is 22.3. The fourth-order valence-corrected chi connectivity index (χ4v) is 1.54. The zero-order valence-corrected chi connectivity index (χ0v) is 13.2. The average Bonchev–Trinajstić information content (AvgIpc) is 2.40. The van der Waals surface area contributed by atoms with Crippen LogP contribution in [-0.2, 0) is 14.3 Å². The van der Waals surface area contributed by atoms with Gasteiger partial charge in [-0.2, -0.15) is 30.7 Å². The quantitative estimate of drug-likeness (QED) is 0.375. The number of likely N-dealkylation sites (N-methyl/N-ethyl adjacent to an activating group) is 1. The summed E-state index contributed by atoms with van der Waals surface area (Å²) >= 11 is 0. The fourth-order valence-electron chi connectivity index (χ4n) is 1.54. The second kappa shape index (κ2) is 8.02. The molecule has 0 fully saturated rings. The number of ether oxygens (including phenoxy) is 1. The zero-order chi connectivity index (χ0) is 19.3. The Morgan fingerprint density at radius 2 is 1.54 bits per heavy atom. The molecule has 0 aromatic heterocycles. The molecular weight excluding hydrogens is 351 g/mol. The predicted octanol–water partition coefficient (Wildman–Crippen LogP) is 3.26. The van der Waals surface area contributed by atoms with E-state index in [-0.39, 0.29) is 11.5 Å². The van der Waals surface area contributed by atoms with Crippen molar-refractivity contribution in [2.75, 3.05) is 20.2 Å². The monoisotopic (exact) mass is 369 g/mol. The number of hydrogen-bond acceptors (Lipinski definition) is 3. The number of amides is 1. The van der Waals surface area contributed by atoms with Crippen LogP contribution in [0.1, 0.15) is 26.7 Å². The summed E-state index contributed by atoms with van der Waals surface area (Å²) in [5.41, 5.74) is 0. The third-order valence-corrected chi connectivity index (χ3v) is 2.92. The van der Waals surface area contributed by atoms with E-state index in [0.29, 0.717) is 25.8 Å². The van der Waals surface area contributed by atoms with Crippen LogP contribution in [-0.4, -0.2) is 55.0 Å². The number of halogens is 7.